The molecule has 0 N–H and O–H groups in total. The maximum absolute atomic E-state index is 11.8. The molecule has 0 amide bonds. The highest BCUT2D eigenvalue weighted by molar-refractivity contribution is 7.03. The molecule has 0 saturated carbocycles. The smallest absolute Gasteiger partial charge is 0.340 e. The van der Waals surface area contributed by atoms with Crippen LogP contribution in [0, 0.1) is 0 Å². The summed E-state index contributed by atoms with van der Waals surface area (Å²) in [5.41, 5.74) is -0.221. The average Bonchev–Trinajstić information content (AvgIpc) is 2.56. The third-order valence-electron chi connectivity index (χ3n) is 1.94. The Kier molecular flexibility index (Phi) is 4.48. The molecule has 0 atom stereocenters. The van der Waals surface area contributed by atoms with Crippen LogP contribution >= 0.6 is 11.5 Å². The van der Waals surface area contributed by atoms with Crippen molar-refractivity contribution in [2.75, 3.05) is 13.7 Å². The topological polar surface area (TPSA) is 65.6 Å². The number of nitrogens with zero attached hydrogens (tertiary/aromatic N) is 3. The van der Waals surface area contributed by atoms with Crippen molar-refractivity contribution in [2.24, 2.45) is 4.99 Å². The first-order valence-corrected chi connectivity index (χ1v) is 5.80. The Balaban J connectivity index is 3.08. The van der Waals surface area contributed by atoms with Gasteiger partial charge < -0.3 is 4.74 Å². The van der Waals surface area contributed by atoms with Gasteiger partial charge in [0.15, 0.2) is 0 Å². The van der Waals surface area contributed by atoms with E-state index in [9.17, 15) is 9.59 Å². The Hall–Kier alpha value is -1.37. The quantitative estimate of drug-likeness (QED) is 0.691. The molecule has 0 radical (unpaired) electrons. The van der Waals surface area contributed by atoms with E-state index >= 15 is 0 Å². The molecule has 0 aromatic carbocycles. The summed E-state index contributed by atoms with van der Waals surface area (Å²) in [6.45, 7) is 4.40. The van der Waals surface area contributed by atoms with Crippen LogP contribution in [0.1, 0.15) is 13.8 Å². The number of ether oxygens (including phenoxy) is 1. The fourth-order valence-corrected chi connectivity index (χ4v) is 2.06. The minimum Gasteiger partial charge on any atom is -0.465 e. The van der Waals surface area contributed by atoms with Crippen molar-refractivity contribution in [3.05, 3.63) is 15.3 Å². The number of hydrogen-bond donors (Lipinski definition) is 0. The van der Waals surface area contributed by atoms with Gasteiger partial charge in [-0.2, -0.15) is 0 Å². The summed E-state index contributed by atoms with van der Waals surface area (Å²) in [5, 5.41) is 0. The van der Waals surface area contributed by atoms with Crippen LogP contribution in [0.15, 0.2) is 9.79 Å². The second kappa shape index (κ2) is 5.64. The van der Waals surface area contributed by atoms with Crippen LogP contribution in [0.4, 0.5) is 0 Å². The maximum atomic E-state index is 11.8. The normalized spacial score (nSPS) is 11.8. The zero-order valence-electron chi connectivity index (χ0n) is 9.60. The lowest BCUT2D eigenvalue weighted by molar-refractivity contribution is -0.143. The molecule has 0 aliphatic rings. The van der Waals surface area contributed by atoms with E-state index in [-0.39, 0.29) is 12.2 Å². The van der Waals surface area contributed by atoms with Crippen LogP contribution in [0.2, 0.25) is 0 Å². The van der Waals surface area contributed by atoms with E-state index in [1.54, 1.807) is 17.9 Å². The lowest BCUT2D eigenvalue weighted by atomic mass is 10.6. The van der Waals surface area contributed by atoms with Gasteiger partial charge in [-0.1, -0.05) is 0 Å². The number of aryl methyl sites for hydroxylation is 1. The van der Waals surface area contributed by atoms with Gasteiger partial charge in [0.05, 0.1) is 6.61 Å². The van der Waals surface area contributed by atoms with Gasteiger partial charge in [-0.15, -0.1) is 0 Å². The van der Waals surface area contributed by atoms with Gasteiger partial charge in [0, 0.05) is 13.6 Å². The molecule has 1 aromatic heterocycles. The molecular formula is C9H15N3O3S. The van der Waals surface area contributed by atoms with Crippen molar-refractivity contribution in [3.8, 4) is 0 Å². The van der Waals surface area contributed by atoms with Crippen molar-refractivity contribution >= 4 is 17.5 Å². The predicted molar refractivity (Wildman–Crippen MR) is 60.4 cm³/mol. The minimum absolute atomic E-state index is 0.0805. The molecular weight excluding hydrogens is 230 g/mol. The van der Waals surface area contributed by atoms with Crippen molar-refractivity contribution in [1.29, 1.82) is 0 Å². The van der Waals surface area contributed by atoms with Gasteiger partial charge in [0.2, 0.25) is 4.80 Å². The number of carbonyl (C=O) groups is 1. The number of esters is 1. The third-order valence-corrected chi connectivity index (χ3v) is 3.14. The van der Waals surface area contributed by atoms with Gasteiger partial charge in [0.25, 0.3) is 0 Å². The van der Waals surface area contributed by atoms with Gasteiger partial charge in [-0.05, 0) is 25.4 Å². The van der Waals surface area contributed by atoms with Crippen molar-refractivity contribution in [1.82, 2.24) is 8.52 Å². The van der Waals surface area contributed by atoms with Gasteiger partial charge in [-0.25, -0.2) is 8.75 Å². The summed E-state index contributed by atoms with van der Waals surface area (Å²) in [7, 11) is 1.59. The summed E-state index contributed by atoms with van der Waals surface area (Å²) in [5.74, 6) is -0.421. The fourth-order valence-electron chi connectivity index (χ4n) is 1.24. The van der Waals surface area contributed by atoms with E-state index in [0.717, 1.165) is 0 Å². The molecule has 0 saturated heterocycles. The lowest BCUT2D eigenvalue weighted by Crippen LogP contribution is -2.32. The van der Waals surface area contributed by atoms with Crippen molar-refractivity contribution < 1.29 is 9.53 Å². The first-order valence-electron chi connectivity index (χ1n) is 5.03. The van der Waals surface area contributed by atoms with Crippen LogP contribution in [-0.2, 0) is 22.6 Å². The summed E-state index contributed by atoms with van der Waals surface area (Å²) < 4.78 is 7.67. The molecule has 0 aliphatic heterocycles. The molecule has 6 nitrogen and oxygen atoms in total. The fraction of sp³-hybridized carbons (Fsp3) is 0.667. The molecule has 0 spiro atoms. The predicted octanol–water partition coefficient (Wildman–Crippen LogP) is -0.175. The van der Waals surface area contributed by atoms with Crippen molar-refractivity contribution in [3.63, 3.8) is 0 Å². The van der Waals surface area contributed by atoms with Crippen LogP contribution in [0.25, 0.3) is 0 Å². The number of rotatable bonds is 4. The first-order chi connectivity index (χ1) is 7.63. The Morgan fingerprint density at radius 2 is 2.19 bits per heavy atom. The van der Waals surface area contributed by atoms with E-state index in [4.69, 9.17) is 4.74 Å². The lowest BCUT2D eigenvalue weighted by Gasteiger charge is -2.01. The second-order valence-electron chi connectivity index (χ2n) is 2.97. The molecule has 7 heteroatoms. The Morgan fingerprint density at radius 3 is 2.69 bits per heavy atom. The Bertz CT molecular complexity index is 483. The molecule has 0 bridgehead atoms. The van der Waals surface area contributed by atoms with E-state index in [1.165, 1.54) is 16.1 Å². The second-order valence-corrected chi connectivity index (χ2v) is 3.95. The van der Waals surface area contributed by atoms with Crippen LogP contribution in [-0.4, -0.2) is 28.1 Å². The zero-order chi connectivity index (χ0) is 12.1. The molecule has 90 valence electrons. The van der Waals surface area contributed by atoms with E-state index in [0.29, 0.717) is 18.0 Å². The Morgan fingerprint density at radius 1 is 1.50 bits per heavy atom. The van der Waals surface area contributed by atoms with Gasteiger partial charge >= 0.3 is 11.7 Å². The molecule has 0 aliphatic carbocycles. The van der Waals surface area contributed by atoms with Crippen LogP contribution in [0.3, 0.4) is 0 Å². The molecule has 1 aromatic rings. The van der Waals surface area contributed by atoms with E-state index < -0.39 is 5.97 Å². The average molecular weight is 245 g/mol. The molecule has 0 fully saturated rings. The third kappa shape index (κ3) is 2.60. The molecule has 0 unspecified atom stereocenters. The van der Waals surface area contributed by atoms with Gasteiger partial charge in [0.1, 0.15) is 6.54 Å². The summed E-state index contributed by atoms with van der Waals surface area (Å²) in [6.07, 6.45) is 0. The number of aromatic nitrogens is 2. The summed E-state index contributed by atoms with van der Waals surface area (Å²) in [6, 6.07) is 0. The monoisotopic (exact) mass is 245 g/mol. The Labute approximate surface area is 97.0 Å². The highest BCUT2D eigenvalue weighted by Crippen LogP contribution is 1.88. The van der Waals surface area contributed by atoms with Crippen molar-refractivity contribution in [2.45, 2.75) is 26.9 Å². The first kappa shape index (κ1) is 12.7. The molecule has 1 heterocycles. The highest BCUT2D eigenvalue weighted by Gasteiger charge is 2.11. The molecule has 1 rings (SSSR count). The van der Waals surface area contributed by atoms with Crippen LogP contribution < -0.4 is 10.5 Å². The van der Waals surface area contributed by atoms with E-state index in [1.807, 2.05) is 6.92 Å². The van der Waals surface area contributed by atoms with Gasteiger partial charge in [-0.3, -0.25) is 14.4 Å². The summed E-state index contributed by atoms with van der Waals surface area (Å²) in [4.78, 5) is 27.6. The summed E-state index contributed by atoms with van der Waals surface area (Å²) >= 11 is 1.24. The SMILES string of the molecule is CCOC(=O)Cn1c(=NC)sn(CC)c1=O. The standard InChI is InChI=1S/C9H15N3O3S/c1-4-12-9(14)11(8(10-3)16-12)6-7(13)15-5-2/h4-6H2,1-3H3. The number of carbonyl (C=O) groups excluding carboxylic acids is 1. The van der Waals surface area contributed by atoms with E-state index in [2.05, 4.69) is 4.99 Å². The molecule has 16 heavy (non-hydrogen) atoms. The van der Waals surface area contributed by atoms with Crippen LogP contribution in [0.5, 0.6) is 0 Å². The largest absolute Gasteiger partial charge is 0.465 e. The highest BCUT2D eigenvalue weighted by atomic mass is 32.1. The zero-order valence-corrected chi connectivity index (χ0v) is 10.4. The minimum atomic E-state index is -0.421. The maximum Gasteiger partial charge on any atom is 0.340 e. The number of hydrogen-bond acceptors (Lipinski definition) is 5.